The highest BCUT2D eigenvalue weighted by molar-refractivity contribution is 5.92. The lowest BCUT2D eigenvalue weighted by atomic mass is 9.64. The molecule has 1 saturated heterocycles. The van der Waals surface area contributed by atoms with Crippen molar-refractivity contribution in [1.82, 2.24) is 29.6 Å². The molecule has 3 aliphatic rings. The van der Waals surface area contributed by atoms with Crippen molar-refractivity contribution in [2.75, 3.05) is 13.6 Å². The van der Waals surface area contributed by atoms with E-state index in [2.05, 4.69) is 34.0 Å². The van der Waals surface area contributed by atoms with Crippen LogP contribution in [0.25, 0.3) is 22.6 Å². The Morgan fingerprint density at radius 1 is 1.12 bits per heavy atom. The van der Waals surface area contributed by atoms with E-state index >= 15 is 0 Å². The van der Waals surface area contributed by atoms with Crippen LogP contribution in [-0.4, -0.2) is 61.1 Å². The Bertz CT molecular complexity index is 1250. The molecule has 9 heteroatoms. The van der Waals surface area contributed by atoms with Gasteiger partial charge in [-0.05, 0) is 65.5 Å². The number of likely N-dealkylation sites (tertiary alicyclic amines) is 1. The number of rotatable bonds is 4. The molecular weight excluding hydrogens is 432 g/mol. The van der Waals surface area contributed by atoms with Crippen LogP contribution in [0.2, 0.25) is 0 Å². The topological polar surface area (TPSA) is 99.2 Å². The second kappa shape index (κ2) is 8.15. The lowest BCUT2D eigenvalue weighted by Crippen LogP contribution is -2.41. The van der Waals surface area contributed by atoms with Crippen LogP contribution in [0, 0.1) is 0 Å². The summed E-state index contributed by atoms with van der Waals surface area (Å²) < 4.78 is 14.1. The zero-order valence-electron chi connectivity index (χ0n) is 20.2. The molecule has 0 radical (unpaired) electrons. The van der Waals surface area contributed by atoms with Crippen LogP contribution in [0.3, 0.4) is 0 Å². The fourth-order valence-corrected chi connectivity index (χ4v) is 6.36. The first-order chi connectivity index (χ1) is 16.5. The fraction of sp³-hybridized carbons (Fsp3) is 0.640. The molecule has 1 spiro atoms. The Kier molecular flexibility index (Phi) is 5.20. The minimum atomic E-state index is -0.520. The number of carbonyl (C=O) groups excluding carboxylic acids is 1. The van der Waals surface area contributed by atoms with Gasteiger partial charge in [-0.3, -0.25) is 9.69 Å². The zero-order valence-corrected chi connectivity index (χ0v) is 20.2. The van der Waals surface area contributed by atoms with Gasteiger partial charge >= 0.3 is 6.01 Å². The summed E-state index contributed by atoms with van der Waals surface area (Å²) in [5.74, 6) is 1.05. The summed E-state index contributed by atoms with van der Waals surface area (Å²) in [5.41, 5.74) is 3.15. The van der Waals surface area contributed by atoms with Crippen LogP contribution in [0.15, 0.2) is 10.9 Å². The lowest BCUT2D eigenvalue weighted by molar-refractivity contribution is -0.128. The third kappa shape index (κ3) is 3.27. The number of Topliss-reactive ketones (excluding diaryl/α,β-unsaturated/α-hetero) is 1. The van der Waals surface area contributed by atoms with Crippen LogP contribution in [-0.2, 0) is 23.7 Å². The van der Waals surface area contributed by atoms with Gasteiger partial charge in [-0.2, -0.15) is 9.97 Å². The van der Waals surface area contributed by atoms with E-state index < -0.39 is 5.41 Å². The van der Waals surface area contributed by atoms with E-state index in [1.165, 1.54) is 6.42 Å². The van der Waals surface area contributed by atoms with Gasteiger partial charge in [0.25, 0.3) is 0 Å². The van der Waals surface area contributed by atoms with Gasteiger partial charge in [0.05, 0.1) is 11.7 Å². The Morgan fingerprint density at radius 2 is 1.97 bits per heavy atom. The van der Waals surface area contributed by atoms with Crippen LogP contribution < -0.4 is 4.74 Å². The van der Waals surface area contributed by atoms with Crippen molar-refractivity contribution in [1.29, 1.82) is 0 Å². The smallest absolute Gasteiger partial charge is 0.319 e. The van der Waals surface area contributed by atoms with E-state index in [1.54, 1.807) is 6.33 Å². The zero-order chi connectivity index (χ0) is 23.4. The summed E-state index contributed by atoms with van der Waals surface area (Å²) in [4.78, 5) is 29.5. The van der Waals surface area contributed by atoms with E-state index in [1.807, 2.05) is 11.6 Å². The molecule has 1 saturated carbocycles. The molecule has 0 N–H and O–H groups in total. The number of nitrogens with zero attached hydrogens (tertiary/aromatic N) is 6. The summed E-state index contributed by atoms with van der Waals surface area (Å²) in [5, 5.41) is 4.49. The van der Waals surface area contributed by atoms with Crippen LogP contribution >= 0.6 is 0 Å². The molecule has 2 fully saturated rings. The number of hydrogen-bond acceptors (Lipinski definition) is 8. The third-order valence-electron chi connectivity index (χ3n) is 8.22. The second-order valence-electron chi connectivity index (χ2n) is 10.3. The summed E-state index contributed by atoms with van der Waals surface area (Å²) in [6.07, 6.45) is 10.1. The van der Waals surface area contributed by atoms with Crippen molar-refractivity contribution in [3.05, 3.63) is 17.7 Å². The number of hydrogen-bond donors (Lipinski definition) is 0. The van der Waals surface area contributed by atoms with Crippen molar-refractivity contribution in [2.45, 2.75) is 82.3 Å². The highest BCUT2D eigenvalue weighted by atomic mass is 16.5. The molecule has 2 aliphatic carbocycles. The van der Waals surface area contributed by atoms with Gasteiger partial charge in [0.15, 0.2) is 11.4 Å². The maximum absolute atomic E-state index is 13.1. The average Bonchev–Trinajstić information content (AvgIpc) is 3.55. The van der Waals surface area contributed by atoms with Gasteiger partial charge in [0.1, 0.15) is 28.8 Å². The van der Waals surface area contributed by atoms with E-state index in [0.717, 1.165) is 62.8 Å². The number of fused-ring (bicyclic) bond motifs is 3. The normalized spacial score (nSPS) is 26.3. The van der Waals surface area contributed by atoms with Crippen LogP contribution in [0.4, 0.5) is 0 Å². The van der Waals surface area contributed by atoms with Crippen LogP contribution in [0.5, 0.6) is 6.01 Å². The second-order valence-corrected chi connectivity index (χ2v) is 10.3. The van der Waals surface area contributed by atoms with Gasteiger partial charge in [-0.15, -0.1) is 0 Å². The van der Waals surface area contributed by atoms with E-state index in [-0.39, 0.29) is 6.10 Å². The van der Waals surface area contributed by atoms with Gasteiger partial charge in [0.2, 0.25) is 0 Å². The maximum atomic E-state index is 13.1. The maximum Gasteiger partial charge on any atom is 0.319 e. The summed E-state index contributed by atoms with van der Waals surface area (Å²) >= 11 is 0. The molecule has 3 aromatic rings. The number of ketones is 1. The number of imidazole rings is 1. The number of likely N-dealkylation sites (N-methyl/N-ethyl adjacent to an activating group) is 1. The first kappa shape index (κ1) is 21.7. The largest absolute Gasteiger partial charge is 0.459 e. The first-order valence-electron chi connectivity index (χ1n) is 12.6. The monoisotopic (exact) mass is 464 g/mol. The van der Waals surface area contributed by atoms with Crippen molar-refractivity contribution in [3.8, 4) is 17.4 Å². The molecule has 3 aromatic heterocycles. The molecule has 0 unspecified atom stereocenters. The van der Waals surface area contributed by atoms with Gasteiger partial charge in [-0.1, -0.05) is 11.6 Å². The molecule has 180 valence electrons. The Morgan fingerprint density at radius 3 is 2.76 bits per heavy atom. The van der Waals surface area contributed by atoms with Crippen molar-refractivity contribution < 1.29 is 14.1 Å². The molecule has 0 bridgehead atoms. The third-order valence-corrected chi connectivity index (χ3v) is 8.22. The molecule has 34 heavy (non-hydrogen) atoms. The molecule has 4 heterocycles. The molecule has 0 amide bonds. The molecule has 6 rings (SSSR count). The molecular formula is C25H32N6O3. The number of ether oxygens (including phenoxy) is 1. The predicted molar refractivity (Wildman–Crippen MR) is 126 cm³/mol. The Balaban J connectivity index is 1.43. The number of carbonyl (C=O) groups is 1. The van der Waals surface area contributed by atoms with Crippen molar-refractivity contribution in [3.63, 3.8) is 0 Å². The number of aromatic nitrogens is 5. The first-order valence-corrected chi connectivity index (χ1v) is 12.6. The molecule has 0 aromatic carbocycles. The molecule has 9 nitrogen and oxygen atoms in total. The minimum absolute atomic E-state index is 0.0413. The summed E-state index contributed by atoms with van der Waals surface area (Å²) in [7, 11) is 4.05. The SMILES string of the molecule is C[C@H](Oc1nc(-c2noc3c2CCC[C@@]32CCCCC2=O)c2ncn(C)c2n1)[C@@H]1CCCN1C. The minimum Gasteiger partial charge on any atom is -0.459 e. The highest BCUT2D eigenvalue weighted by Crippen LogP contribution is 2.48. The van der Waals surface area contributed by atoms with Crippen molar-refractivity contribution >= 4 is 16.9 Å². The van der Waals surface area contributed by atoms with Gasteiger partial charge < -0.3 is 13.8 Å². The standard InChI is InChI=1S/C25H32N6O3/c1-15(17-9-7-13-30(17)2)33-24-27-20(21-23(28-24)31(3)14-26-21)19-16-8-6-12-25(22(16)34-29-19)11-5-4-10-18(25)32/h14-15,17H,4-13H2,1-3H3/t15-,17-,25+/m0/s1. The van der Waals surface area contributed by atoms with E-state index in [9.17, 15) is 4.79 Å². The van der Waals surface area contributed by atoms with Gasteiger partial charge in [-0.25, -0.2) is 4.98 Å². The molecule has 3 atom stereocenters. The predicted octanol–water partition coefficient (Wildman–Crippen LogP) is 3.60. The number of aryl methyl sites for hydroxylation is 1. The average molecular weight is 465 g/mol. The fourth-order valence-electron chi connectivity index (χ4n) is 6.36. The van der Waals surface area contributed by atoms with E-state index in [4.69, 9.17) is 14.2 Å². The highest BCUT2D eigenvalue weighted by Gasteiger charge is 2.48. The Hall–Kier alpha value is -2.81. The van der Waals surface area contributed by atoms with Crippen LogP contribution in [0.1, 0.15) is 69.6 Å². The lowest BCUT2D eigenvalue weighted by Gasteiger charge is -2.36. The van der Waals surface area contributed by atoms with Gasteiger partial charge in [0, 0.05) is 25.1 Å². The Labute approximate surface area is 198 Å². The van der Waals surface area contributed by atoms with Crippen molar-refractivity contribution in [2.24, 2.45) is 7.05 Å². The summed E-state index contributed by atoms with van der Waals surface area (Å²) in [6.45, 7) is 3.16. The summed E-state index contributed by atoms with van der Waals surface area (Å²) in [6, 6.07) is 0.668. The van der Waals surface area contributed by atoms with E-state index in [0.29, 0.717) is 46.8 Å². The quantitative estimate of drug-likeness (QED) is 0.578. The molecule has 1 aliphatic heterocycles.